The fourth-order valence-electron chi connectivity index (χ4n) is 3.63. The largest absolute Gasteiger partial charge is 0.477 e. The van der Waals surface area contributed by atoms with E-state index < -0.39 is 18.1 Å². The topological polar surface area (TPSA) is 93.1 Å². The highest BCUT2D eigenvalue weighted by Crippen LogP contribution is 2.10. The maximum atomic E-state index is 11.8. The van der Waals surface area contributed by atoms with Crippen molar-refractivity contribution in [2.45, 2.75) is 96.1 Å². The lowest BCUT2D eigenvalue weighted by Gasteiger charge is -2.31. The van der Waals surface area contributed by atoms with Crippen LogP contribution in [0.5, 0.6) is 0 Å². The Bertz CT molecular complexity index is 651. The van der Waals surface area contributed by atoms with Gasteiger partial charge < -0.3 is 24.2 Å². The number of carbonyl (C=O) groups is 2. The molecule has 208 valence electrons. The van der Waals surface area contributed by atoms with Crippen LogP contribution in [0.3, 0.4) is 0 Å². The predicted octanol–water partition coefficient (Wildman–Crippen LogP) is 5.44. The molecule has 0 heterocycles. The summed E-state index contributed by atoms with van der Waals surface area (Å²) >= 11 is 0. The average molecular weight is 511 g/mol. The van der Waals surface area contributed by atoms with Crippen molar-refractivity contribution in [3.63, 3.8) is 0 Å². The molecular formula is C29H52NO6+. The van der Waals surface area contributed by atoms with Crippen molar-refractivity contribution in [1.29, 1.82) is 0 Å². The van der Waals surface area contributed by atoms with Crippen LogP contribution in [0.4, 0.5) is 0 Å². The summed E-state index contributed by atoms with van der Waals surface area (Å²) in [7, 11) is 5.46. The molecule has 2 atom stereocenters. The van der Waals surface area contributed by atoms with Crippen LogP contribution in [-0.4, -0.2) is 79.7 Å². The summed E-state index contributed by atoms with van der Waals surface area (Å²) in [5.74, 6) is -1.17. The molecule has 0 aromatic heterocycles. The molecule has 0 aromatic rings. The number of hydrogen-bond acceptors (Lipinski definition) is 5. The number of aliphatic carboxylic acids is 1. The minimum atomic E-state index is -0.908. The second kappa shape index (κ2) is 22.3. The number of carboxylic acid groups (broad SMARTS) is 1. The van der Waals surface area contributed by atoms with E-state index in [4.69, 9.17) is 9.47 Å². The van der Waals surface area contributed by atoms with Gasteiger partial charge in [-0.2, -0.15) is 0 Å². The number of ether oxygens (including phenoxy) is 2. The van der Waals surface area contributed by atoms with E-state index in [9.17, 15) is 19.8 Å². The van der Waals surface area contributed by atoms with Crippen molar-refractivity contribution >= 4 is 11.9 Å². The smallest absolute Gasteiger partial charge is 0.362 e. The van der Waals surface area contributed by atoms with Crippen LogP contribution in [0, 0.1) is 0 Å². The fraction of sp³-hybridized carbons (Fsp3) is 0.724. The van der Waals surface area contributed by atoms with Gasteiger partial charge in [0.2, 0.25) is 0 Å². The molecule has 0 rings (SSSR count). The molecule has 0 aliphatic rings. The minimum absolute atomic E-state index is 0.0132. The monoisotopic (exact) mass is 510 g/mol. The molecule has 0 aromatic carbocycles. The average Bonchev–Trinajstić information content (AvgIpc) is 2.81. The lowest BCUT2D eigenvalue weighted by molar-refractivity contribution is -0.887. The number of quaternary nitrogens is 1. The Morgan fingerprint density at radius 1 is 0.833 bits per heavy atom. The first-order chi connectivity index (χ1) is 17.2. The molecule has 0 aliphatic heterocycles. The highest BCUT2D eigenvalue weighted by atomic mass is 16.5. The normalized spacial score (nSPS) is 14.1. The van der Waals surface area contributed by atoms with Gasteiger partial charge in [0.1, 0.15) is 12.7 Å². The van der Waals surface area contributed by atoms with Gasteiger partial charge in [-0.3, -0.25) is 4.79 Å². The zero-order chi connectivity index (χ0) is 27.1. The number of likely N-dealkylation sites (N-methyl/N-ethyl adjacent to an activating group) is 1. The third kappa shape index (κ3) is 21.3. The maximum Gasteiger partial charge on any atom is 0.362 e. The van der Waals surface area contributed by atoms with Gasteiger partial charge >= 0.3 is 11.9 Å². The number of carbonyl (C=O) groups excluding carboxylic acids is 1. The molecule has 0 saturated heterocycles. The van der Waals surface area contributed by atoms with Gasteiger partial charge in [-0.05, 0) is 38.5 Å². The summed E-state index contributed by atoms with van der Waals surface area (Å²) in [5.41, 5.74) is 0. The molecule has 0 saturated carbocycles. The molecular weight excluding hydrogens is 458 g/mol. The molecule has 7 nitrogen and oxygen atoms in total. The molecule has 0 spiro atoms. The van der Waals surface area contributed by atoms with Crippen LogP contribution in [-0.2, 0) is 19.1 Å². The van der Waals surface area contributed by atoms with Crippen molar-refractivity contribution < 1.29 is 33.8 Å². The SMILES string of the molecule is CC/C=C/C/C=C/C/C=C/CCCCCCCCC(=O)OCC(O)COCCC(C(=O)O)[N+](C)(C)C. The second-order valence-corrected chi connectivity index (χ2v) is 10.1. The molecule has 0 radical (unpaired) electrons. The summed E-state index contributed by atoms with van der Waals surface area (Å²) < 4.78 is 10.8. The van der Waals surface area contributed by atoms with Gasteiger partial charge in [-0.1, -0.05) is 69.1 Å². The molecule has 0 fully saturated rings. The van der Waals surface area contributed by atoms with Crippen LogP contribution in [0.2, 0.25) is 0 Å². The van der Waals surface area contributed by atoms with E-state index >= 15 is 0 Å². The van der Waals surface area contributed by atoms with Crippen molar-refractivity contribution in [1.82, 2.24) is 0 Å². The van der Waals surface area contributed by atoms with Crippen molar-refractivity contribution in [3.8, 4) is 0 Å². The lowest BCUT2D eigenvalue weighted by atomic mass is 10.1. The van der Waals surface area contributed by atoms with Crippen LogP contribution in [0.1, 0.15) is 84.0 Å². The molecule has 0 aliphatic carbocycles. The van der Waals surface area contributed by atoms with E-state index in [0.717, 1.165) is 44.9 Å². The van der Waals surface area contributed by atoms with Gasteiger partial charge in [0, 0.05) is 12.8 Å². The molecule has 2 unspecified atom stereocenters. The van der Waals surface area contributed by atoms with Crippen molar-refractivity contribution in [2.75, 3.05) is 41.0 Å². The van der Waals surface area contributed by atoms with Gasteiger partial charge in [0.05, 0.1) is 34.4 Å². The number of rotatable bonds is 23. The zero-order valence-electron chi connectivity index (χ0n) is 23.2. The lowest BCUT2D eigenvalue weighted by Crippen LogP contribution is -2.50. The quantitative estimate of drug-likeness (QED) is 0.0823. The van der Waals surface area contributed by atoms with Crippen molar-refractivity contribution in [3.05, 3.63) is 36.5 Å². The first kappa shape index (κ1) is 34.0. The zero-order valence-corrected chi connectivity index (χ0v) is 23.2. The Morgan fingerprint density at radius 2 is 1.42 bits per heavy atom. The number of carboxylic acids is 1. The third-order valence-corrected chi connectivity index (χ3v) is 5.78. The van der Waals surface area contributed by atoms with Gasteiger partial charge in [-0.15, -0.1) is 0 Å². The molecule has 0 bridgehead atoms. The fourth-order valence-corrected chi connectivity index (χ4v) is 3.63. The first-order valence-corrected chi connectivity index (χ1v) is 13.6. The van der Waals surface area contributed by atoms with E-state index in [1.807, 2.05) is 21.1 Å². The van der Waals surface area contributed by atoms with E-state index in [1.54, 1.807) is 0 Å². The number of allylic oxidation sites excluding steroid dienone is 6. The van der Waals surface area contributed by atoms with Crippen LogP contribution in [0.25, 0.3) is 0 Å². The van der Waals surface area contributed by atoms with E-state index in [-0.39, 0.29) is 25.8 Å². The Kier molecular flexibility index (Phi) is 21.0. The standard InChI is InChI=1S/C29H51NO6/c1-5-6-7-8-9-10-11-12-13-14-15-16-17-18-19-20-21-28(32)36-25-26(31)24-35-23-22-27(29(33)34)30(2,3)4/h6-7,9-10,12-13,26-27,31H,5,8,11,14-25H2,1-4H3/p+1/b7-6+,10-9+,13-12+. The Morgan fingerprint density at radius 3 is 2.03 bits per heavy atom. The highest BCUT2D eigenvalue weighted by molar-refractivity contribution is 5.72. The minimum Gasteiger partial charge on any atom is -0.477 e. The number of aliphatic hydroxyl groups excluding tert-OH is 1. The van der Waals surface area contributed by atoms with E-state index in [1.165, 1.54) is 19.3 Å². The molecule has 2 N–H and O–H groups in total. The number of esters is 1. The van der Waals surface area contributed by atoms with Gasteiger partial charge in [-0.25, -0.2) is 4.79 Å². The molecule has 0 amide bonds. The van der Waals surface area contributed by atoms with Crippen LogP contribution < -0.4 is 0 Å². The number of nitrogens with zero attached hydrogens (tertiary/aromatic N) is 1. The number of aliphatic hydroxyl groups is 1. The summed E-state index contributed by atoms with van der Waals surface area (Å²) in [6, 6.07) is -0.576. The molecule has 7 heteroatoms. The predicted molar refractivity (Wildman–Crippen MR) is 146 cm³/mol. The third-order valence-electron chi connectivity index (χ3n) is 5.78. The van der Waals surface area contributed by atoms with Crippen molar-refractivity contribution in [2.24, 2.45) is 0 Å². The highest BCUT2D eigenvalue weighted by Gasteiger charge is 2.30. The first-order valence-electron chi connectivity index (χ1n) is 13.6. The van der Waals surface area contributed by atoms with Crippen LogP contribution >= 0.6 is 0 Å². The summed E-state index contributed by atoms with van der Waals surface area (Å²) in [6.45, 7) is 2.28. The Balaban J connectivity index is 3.61. The number of unbranched alkanes of at least 4 members (excludes halogenated alkanes) is 6. The summed E-state index contributed by atoms with van der Waals surface area (Å²) in [5, 5.41) is 19.2. The Hall–Kier alpha value is -1.96. The maximum absolute atomic E-state index is 11.8. The summed E-state index contributed by atoms with van der Waals surface area (Å²) in [4.78, 5) is 23.2. The van der Waals surface area contributed by atoms with Gasteiger partial charge in [0.15, 0.2) is 6.04 Å². The van der Waals surface area contributed by atoms with Crippen LogP contribution in [0.15, 0.2) is 36.5 Å². The number of hydrogen-bond donors (Lipinski definition) is 2. The second-order valence-electron chi connectivity index (χ2n) is 10.1. The Labute approximate surface area is 219 Å². The molecule has 36 heavy (non-hydrogen) atoms. The van der Waals surface area contributed by atoms with E-state index in [2.05, 4.69) is 43.4 Å². The van der Waals surface area contributed by atoms with Gasteiger partial charge in [0.25, 0.3) is 0 Å². The van der Waals surface area contributed by atoms with E-state index in [0.29, 0.717) is 17.3 Å². The summed E-state index contributed by atoms with van der Waals surface area (Å²) in [6.07, 6.45) is 23.9.